The zero-order valence-corrected chi connectivity index (χ0v) is 13.5. The van der Waals surface area contributed by atoms with Crippen LogP contribution in [0.2, 0.25) is 0 Å². The molecule has 2 atom stereocenters. The van der Waals surface area contributed by atoms with Crippen LogP contribution in [0.4, 0.5) is 6.01 Å². The molecule has 2 N–H and O–H groups in total. The van der Waals surface area contributed by atoms with E-state index in [1.54, 1.807) is 0 Å². The molecular formula is C17H23N5O. The number of nitrogens with one attached hydrogen (secondary N) is 2. The summed E-state index contributed by atoms with van der Waals surface area (Å²) in [4.78, 5) is 11.5. The molecule has 6 nitrogen and oxygen atoms in total. The Kier molecular flexibility index (Phi) is 3.91. The number of hydrogen-bond acceptors (Lipinski definition) is 6. The summed E-state index contributed by atoms with van der Waals surface area (Å²) in [5, 5.41) is 6.48. The highest BCUT2D eigenvalue weighted by Crippen LogP contribution is 2.28. The number of nitrogens with zero attached hydrogens (tertiary/aromatic N) is 3. The van der Waals surface area contributed by atoms with Gasteiger partial charge < -0.3 is 9.73 Å². The summed E-state index contributed by atoms with van der Waals surface area (Å²) in [6.45, 7) is 3.91. The van der Waals surface area contributed by atoms with E-state index >= 15 is 0 Å². The molecule has 1 aromatic heterocycles. The first-order valence-electron chi connectivity index (χ1n) is 8.44. The van der Waals surface area contributed by atoms with Crippen molar-refractivity contribution < 1.29 is 4.42 Å². The van der Waals surface area contributed by atoms with Gasteiger partial charge in [0.1, 0.15) is 5.52 Å². The van der Waals surface area contributed by atoms with Crippen LogP contribution in [-0.4, -0.2) is 35.2 Å². The molecule has 1 fully saturated rings. The topological polar surface area (TPSA) is 65.7 Å². The minimum Gasteiger partial charge on any atom is -0.423 e. The third kappa shape index (κ3) is 3.03. The lowest BCUT2D eigenvalue weighted by Crippen LogP contribution is -2.52. The van der Waals surface area contributed by atoms with Gasteiger partial charge in [0.05, 0.1) is 13.3 Å². The first kappa shape index (κ1) is 14.5. The molecule has 23 heavy (non-hydrogen) atoms. The Balaban J connectivity index is 1.41. The third-order valence-corrected chi connectivity index (χ3v) is 4.91. The average molecular weight is 313 g/mol. The Morgan fingerprint density at radius 2 is 2.13 bits per heavy atom. The lowest BCUT2D eigenvalue weighted by atomic mass is 9.85. The van der Waals surface area contributed by atoms with Crippen LogP contribution < -0.4 is 10.6 Å². The molecule has 0 amide bonds. The van der Waals surface area contributed by atoms with Gasteiger partial charge in [0, 0.05) is 6.04 Å². The molecule has 1 aromatic carbocycles. The number of benzene rings is 1. The fourth-order valence-corrected chi connectivity index (χ4v) is 3.62. The summed E-state index contributed by atoms with van der Waals surface area (Å²) in [7, 11) is 0. The molecule has 6 heteroatoms. The molecular weight excluding hydrogens is 290 g/mol. The van der Waals surface area contributed by atoms with Gasteiger partial charge >= 0.3 is 6.01 Å². The standard InChI is InChI=1S/C17H23N5O/c1-12-6-2-4-8-14(12)22-10-18-16(19-11-22)21-17-20-13-7-3-5-9-15(13)23-17/h3,5,7,9,12,14H,2,4,6,8,10-11H2,1H3,(H2,18,19,20,21)/t12-,14-/m1/s1. The SMILES string of the molecule is C[C@@H]1CCCC[C@H]1N1CN=C(Nc2nc3ccccc3o2)NC1. The monoisotopic (exact) mass is 313 g/mol. The van der Waals surface area contributed by atoms with Gasteiger partial charge in [-0.05, 0) is 30.9 Å². The van der Waals surface area contributed by atoms with Crippen LogP contribution >= 0.6 is 0 Å². The van der Waals surface area contributed by atoms with Crippen LogP contribution in [-0.2, 0) is 0 Å². The van der Waals surface area contributed by atoms with Gasteiger partial charge in [-0.3, -0.25) is 10.2 Å². The molecule has 2 heterocycles. The van der Waals surface area contributed by atoms with Crippen LogP contribution in [0.3, 0.4) is 0 Å². The second-order valence-electron chi connectivity index (χ2n) is 6.51. The number of fused-ring (bicyclic) bond motifs is 1. The molecule has 0 saturated heterocycles. The quantitative estimate of drug-likeness (QED) is 0.892. The number of oxazole rings is 1. The van der Waals surface area contributed by atoms with Gasteiger partial charge in [-0.15, -0.1) is 0 Å². The zero-order chi connectivity index (χ0) is 15.6. The summed E-state index contributed by atoms with van der Waals surface area (Å²) in [6.07, 6.45) is 5.32. The maximum atomic E-state index is 5.67. The molecule has 0 bridgehead atoms. The van der Waals surface area contributed by atoms with E-state index in [4.69, 9.17) is 4.42 Å². The maximum absolute atomic E-state index is 5.67. The lowest BCUT2D eigenvalue weighted by Gasteiger charge is -2.39. The van der Waals surface area contributed by atoms with Crippen LogP contribution in [0.5, 0.6) is 0 Å². The van der Waals surface area contributed by atoms with Gasteiger partial charge in [0.2, 0.25) is 5.96 Å². The molecule has 0 spiro atoms. The van der Waals surface area contributed by atoms with E-state index in [2.05, 4.69) is 32.4 Å². The normalized spacial score (nSPS) is 25.9. The fraction of sp³-hybridized carbons (Fsp3) is 0.529. The molecule has 1 aliphatic carbocycles. The molecule has 122 valence electrons. The Morgan fingerprint density at radius 3 is 2.91 bits per heavy atom. The third-order valence-electron chi connectivity index (χ3n) is 4.91. The smallest absolute Gasteiger partial charge is 0.302 e. The van der Waals surface area contributed by atoms with Crippen molar-refractivity contribution in [1.29, 1.82) is 0 Å². The number of aliphatic imine (C=N–C) groups is 1. The van der Waals surface area contributed by atoms with E-state index < -0.39 is 0 Å². The molecule has 0 radical (unpaired) electrons. The lowest BCUT2D eigenvalue weighted by molar-refractivity contribution is 0.107. The van der Waals surface area contributed by atoms with E-state index in [9.17, 15) is 0 Å². The molecule has 1 saturated carbocycles. The average Bonchev–Trinajstić information content (AvgIpc) is 2.98. The maximum Gasteiger partial charge on any atom is 0.302 e. The van der Waals surface area contributed by atoms with Crippen LogP contribution in [0.1, 0.15) is 32.6 Å². The summed E-state index contributed by atoms with van der Waals surface area (Å²) in [6, 6.07) is 8.87. The summed E-state index contributed by atoms with van der Waals surface area (Å²) < 4.78 is 5.67. The van der Waals surface area contributed by atoms with Crippen molar-refractivity contribution in [2.75, 3.05) is 18.7 Å². The first-order chi connectivity index (χ1) is 11.3. The first-order valence-corrected chi connectivity index (χ1v) is 8.44. The highest BCUT2D eigenvalue weighted by Gasteiger charge is 2.28. The van der Waals surface area contributed by atoms with Crippen molar-refractivity contribution in [2.24, 2.45) is 10.9 Å². The number of para-hydroxylation sites is 2. The van der Waals surface area contributed by atoms with Crippen molar-refractivity contribution in [3.8, 4) is 0 Å². The van der Waals surface area contributed by atoms with Gasteiger partial charge in [0.15, 0.2) is 5.58 Å². The van der Waals surface area contributed by atoms with Gasteiger partial charge in [-0.1, -0.05) is 31.9 Å². The van der Waals surface area contributed by atoms with Crippen LogP contribution in [0.25, 0.3) is 11.1 Å². The van der Waals surface area contributed by atoms with Crippen molar-refractivity contribution in [3.63, 3.8) is 0 Å². The van der Waals surface area contributed by atoms with Crippen molar-refractivity contribution in [3.05, 3.63) is 24.3 Å². The molecule has 0 unspecified atom stereocenters. The summed E-state index contributed by atoms with van der Waals surface area (Å²) in [5.74, 6) is 1.49. The second kappa shape index (κ2) is 6.20. The number of anilines is 1. The minimum atomic E-state index is 0.483. The summed E-state index contributed by atoms with van der Waals surface area (Å²) in [5.41, 5.74) is 1.63. The van der Waals surface area contributed by atoms with Gasteiger partial charge in [0.25, 0.3) is 0 Å². The molecule has 2 aliphatic rings. The fourth-order valence-electron chi connectivity index (χ4n) is 3.62. The summed E-state index contributed by atoms with van der Waals surface area (Å²) >= 11 is 0. The number of guanidine groups is 1. The van der Waals surface area contributed by atoms with Crippen molar-refractivity contribution in [2.45, 2.75) is 38.6 Å². The number of hydrogen-bond donors (Lipinski definition) is 2. The Morgan fingerprint density at radius 1 is 1.26 bits per heavy atom. The highest BCUT2D eigenvalue weighted by atomic mass is 16.4. The van der Waals surface area contributed by atoms with E-state index in [0.717, 1.165) is 36.3 Å². The van der Waals surface area contributed by atoms with E-state index in [1.807, 2.05) is 24.3 Å². The number of aromatic nitrogens is 1. The largest absolute Gasteiger partial charge is 0.423 e. The predicted molar refractivity (Wildman–Crippen MR) is 91.2 cm³/mol. The molecule has 4 rings (SSSR count). The predicted octanol–water partition coefficient (Wildman–Crippen LogP) is 2.99. The molecule has 1 aliphatic heterocycles. The Labute approximate surface area is 136 Å². The Bertz CT molecular complexity index is 677. The van der Waals surface area contributed by atoms with Crippen LogP contribution in [0, 0.1) is 5.92 Å². The minimum absolute atomic E-state index is 0.483. The zero-order valence-electron chi connectivity index (χ0n) is 13.5. The van der Waals surface area contributed by atoms with Gasteiger partial charge in [-0.25, -0.2) is 4.99 Å². The van der Waals surface area contributed by atoms with E-state index in [-0.39, 0.29) is 0 Å². The highest BCUT2D eigenvalue weighted by molar-refractivity contribution is 5.93. The number of rotatable bonds is 2. The van der Waals surface area contributed by atoms with Gasteiger partial charge in [-0.2, -0.15) is 4.98 Å². The van der Waals surface area contributed by atoms with Crippen molar-refractivity contribution in [1.82, 2.24) is 15.2 Å². The van der Waals surface area contributed by atoms with Crippen LogP contribution in [0.15, 0.2) is 33.7 Å². The van der Waals surface area contributed by atoms with Crippen molar-refractivity contribution >= 4 is 23.1 Å². The Hall–Kier alpha value is -2.08. The second-order valence-corrected chi connectivity index (χ2v) is 6.51. The van der Waals surface area contributed by atoms with E-state index in [0.29, 0.717) is 12.1 Å². The molecule has 2 aromatic rings. The van der Waals surface area contributed by atoms with E-state index in [1.165, 1.54) is 25.7 Å².